The predicted octanol–water partition coefficient (Wildman–Crippen LogP) is 3.29. The smallest absolute Gasteiger partial charge is 0.191 e. The van der Waals surface area contributed by atoms with E-state index < -0.39 is 0 Å². The molecule has 0 aliphatic heterocycles. The highest BCUT2D eigenvalue weighted by Gasteiger charge is 2.12. The van der Waals surface area contributed by atoms with Gasteiger partial charge in [-0.2, -0.15) is 0 Å². The summed E-state index contributed by atoms with van der Waals surface area (Å²) in [6, 6.07) is 14.8. The highest BCUT2D eigenvalue weighted by Crippen LogP contribution is 2.22. The molecule has 0 saturated heterocycles. The molecule has 0 fully saturated rings. The summed E-state index contributed by atoms with van der Waals surface area (Å²) in [6.07, 6.45) is 2.77. The first-order valence-electron chi connectivity index (χ1n) is 8.43. The Bertz CT molecular complexity index is 640. The number of hydrogen-bond donors (Lipinski definition) is 2. The zero-order valence-corrected chi connectivity index (χ0v) is 15.1. The molecule has 0 aliphatic carbocycles. The van der Waals surface area contributed by atoms with E-state index in [4.69, 9.17) is 0 Å². The highest BCUT2D eigenvalue weighted by atomic mass is 15.2. The zero-order chi connectivity index (χ0) is 17.4. The Morgan fingerprint density at radius 3 is 2.38 bits per heavy atom. The molecule has 0 atom stereocenters. The molecule has 1 aromatic heterocycles. The monoisotopic (exact) mass is 324 g/mol. The molecular weight excluding hydrogens is 296 g/mol. The van der Waals surface area contributed by atoms with Crippen molar-refractivity contribution < 1.29 is 0 Å². The quantitative estimate of drug-likeness (QED) is 0.655. The highest BCUT2D eigenvalue weighted by molar-refractivity contribution is 5.79. The maximum atomic E-state index is 4.30. The zero-order valence-electron chi connectivity index (χ0n) is 15.1. The van der Waals surface area contributed by atoms with E-state index in [2.05, 4.69) is 65.6 Å². The van der Waals surface area contributed by atoms with Crippen LogP contribution in [-0.2, 0) is 18.4 Å². The summed E-state index contributed by atoms with van der Waals surface area (Å²) in [4.78, 5) is 8.54. The van der Waals surface area contributed by atoms with Crippen LogP contribution in [0, 0.1) is 0 Å². The Morgan fingerprint density at radius 1 is 1.04 bits per heavy atom. The molecule has 2 aromatic rings. The van der Waals surface area contributed by atoms with Gasteiger partial charge in [-0.25, -0.2) is 0 Å². The summed E-state index contributed by atoms with van der Waals surface area (Å²) in [5.74, 6) is 0.798. The molecule has 0 bridgehead atoms. The molecule has 0 amide bonds. The van der Waals surface area contributed by atoms with E-state index in [0.29, 0.717) is 6.54 Å². The van der Waals surface area contributed by atoms with Gasteiger partial charge in [-0.15, -0.1) is 0 Å². The second-order valence-electron chi connectivity index (χ2n) is 6.87. The molecule has 2 rings (SSSR count). The van der Waals surface area contributed by atoms with Gasteiger partial charge in [-0.1, -0.05) is 51.1 Å². The molecule has 24 heavy (non-hydrogen) atoms. The molecule has 0 saturated carbocycles. The van der Waals surface area contributed by atoms with Crippen molar-refractivity contribution >= 4 is 5.96 Å². The van der Waals surface area contributed by atoms with Crippen molar-refractivity contribution in [3.05, 3.63) is 65.5 Å². The fraction of sp³-hybridized carbons (Fsp3) is 0.400. The lowest BCUT2D eigenvalue weighted by Gasteiger charge is -2.19. The molecule has 0 spiro atoms. The van der Waals surface area contributed by atoms with Crippen LogP contribution in [-0.4, -0.2) is 24.5 Å². The van der Waals surface area contributed by atoms with E-state index in [1.54, 1.807) is 13.2 Å². The second-order valence-corrected chi connectivity index (χ2v) is 6.87. The first kappa shape index (κ1) is 18.0. The average molecular weight is 324 g/mol. The number of nitrogens with zero attached hydrogens (tertiary/aromatic N) is 2. The third-order valence-corrected chi connectivity index (χ3v) is 3.91. The van der Waals surface area contributed by atoms with Crippen molar-refractivity contribution in [2.45, 2.75) is 39.2 Å². The Labute approximate surface area is 145 Å². The summed E-state index contributed by atoms with van der Waals surface area (Å²) in [7, 11) is 1.78. The Hall–Kier alpha value is -2.36. The third-order valence-electron chi connectivity index (χ3n) is 3.91. The molecular formula is C20H28N4. The van der Waals surface area contributed by atoms with Gasteiger partial charge in [0.15, 0.2) is 5.96 Å². The van der Waals surface area contributed by atoms with Crippen molar-refractivity contribution in [1.29, 1.82) is 0 Å². The van der Waals surface area contributed by atoms with E-state index in [1.807, 2.05) is 18.2 Å². The lowest BCUT2D eigenvalue weighted by Crippen LogP contribution is -2.38. The third kappa shape index (κ3) is 5.69. The van der Waals surface area contributed by atoms with E-state index in [-0.39, 0.29) is 5.41 Å². The van der Waals surface area contributed by atoms with E-state index in [9.17, 15) is 0 Å². The first-order valence-corrected chi connectivity index (χ1v) is 8.43. The van der Waals surface area contributed by atoms with E-state index >= 15 is 0 Å². The lowest BCUT2D eigenvalue weighted by atomic mass is 9.86. The summed E-state index contributed by atoms with van der Waals surface area (Å²) in [5, 5.41) is 6.62. The Balaban J connectivity index is 1.77. The van der Waals surface area contributed by atoms with E-state index in [1.165, 1.54) is 11.1 Å². The van der Waals surface area contributed by atoms with Crippen LogP contribution in [0.4, 0.5) is 0 Å². The number of aromatic nitrogens is 1. The molecule has 4 heteroatoms. The van der Waals surface area contributed by atoms with Crippen LogP contribution >= 0.6 is 0 Å². The van der Waals surface area contributed by atoms with Crippen molar-refractivity contribution in [2.24, 2.45) is 4.99 Å². The molecule has 0 aliphatic rings. The second kappa shape index (κ2) is 8.48. The SMILES string of the molecule is CN=C(NCCc1ccc(C(C)(C)C)cc1)NCc1ccccn1. The summed E-state index contributed by atoms with van der Waals surface area (Å²) in [6.45, 7) is 8.22. The first-order chi connectivity index (χ1) is 11.5. The molecule has 1 aromatic carbocycles. The summed E-state index contributed by atoms with van der Waals surface area (Å²) < 4.78 is 0. The van der Waals surface area contributed by atoms with Crippen LogP contribution in [0.5, 0.6) is 0 Å². The maximum Gasteiger partial charge on any atom is 0.191 e. The van der Waals surface area contributed by atoms with Crippen molar-refractivity contribution in [3.63, 3.8) is 0 Å². The maximum absolute atomic E-state index is 4.30. The Morgan fingerprint density at radius 2 is 1.79 bits per heavy atom. The standard InChI is InChI=1S/C20H28N4/c1-20(2,3)17-10-8-16(9-11-17)12-14-23-19(21-4)24-15-18-7-5-6-13-22-18/h5-11,13H,12,14-15H2,1-4H3,(H2,21,23,24). The van der Waals surface area contributed by atoms with Gasteiger partial charge in [0.25, 0.3) is 0 Å². The minimum atomic E-state index is 0.203. The van der Waals surface area contributed by atoms with Crippen molar-refractivity contribution in [1.82, 2.24) is 15.6 Å². The molecule has 0 unspecified atom stereocenters. The van der Waals surface area contributed by atoms with Crippen LogP contribution in [0.2, 0.25) is 0 Å². The molecule has 1 heterocycles. The summed E-state index contributed by atoms with van der Waals surface area (Å²) in [5.41, 5.74) is 3.90. The van der Waals surface area contributed by atoms with Crippen molar-refractivity contribution in [2.75, 3.05) is 13.6 Å². The topological polar surface area (TPSA) is 49.3 Å². The lowest BCUT2D eigenvalue weighted by molar-refractivity contribution is 0.590. The number of nitrogens with one attached hydrogen (secondary N) is 2. The van der Waals surface area contributed by atoms with Gasteiger partial charge in [0.05, 0.1) is 12.2 Å². The summed E-state index contributed by atoms with van der Waals surface area (Å²) >= 11 is 0. The molecule has 128 valence electrons. The van der Waals surface area contributed by atoms with Crippen LogP contribution in [0.25, 0.3) is 0 Å². The normalized spacial score (nSPS) is 12.1. The predicted molar refractivity (Wildman–Crippen MR) is 101 cm³/mol. The fourth-order valence-corrected chi connectivity index (χ4v) is 2.39. The molecule has 0 radical (unpaired) electrons. The van der Waals surface area contributed by atoms with Crippen LogP contribution < -0.4 is 10.6 Å². The number of benzene rings is 1. The number of aliphatic imine (C=N–C) groups is 1. The van der Waals surface area contributed by atoms with Crippen LogP contribution in [0.15, 0.2) is 53.7 Å². The van der Waals surface area contributed by atoms with Gasteiger partial charge in [-0.05, 0) is 35.1 Å². The van der Waals surface area contributed by atoms with Gasteiger partial charge < -0.3 is 10.6 Å². The van der Waals surface area contributed by atoms with Gasteiger partial charge in [-0.3, -0.25) is 9.98 Å². The number of rotatable bonds is 5. The fourth-order valence-electron chi connectivity index (χ4n) is 2.39. The largest absolute Gasteiger partial charge is 0.356 e. The Kier molecular flexibility index (Phi) is 6.36. The van der Waals surface area contributed by atoms with Gasteiger partial charge in [0.1, 0.15) is 0 Å². The minimum Gasteiger partial charge on any atom is -0.356 e. The van der Waals surface area contributed by atoms with Gasteiger partial charge in [0.2, 0.25) is 0 Å². The van der Waals surface area contributed by atoms with Crippen molar-refractivity contribution in [3.8, 4) is 0 Å². The minimum absolute atomic E-state index is 0.203. The van der Waals surface area contributed by atoms with Gasteiger partial charge in [0, 0.05) is 19.8 Å². The van der Waals surface area contributed by atoms with E-state index in [0.717, 1.165) is 24.6 Å². The van der Waals surface area contributed by atoms with Crippen LogP contribution in [0.3, 0.4) is 0 Å². The molecule has 4 nitrogen and oxygen atoms in total. The average Bonchev–Trinajstić information content (AvgIpc) is 2.58. The van der Waals surface area contributed by atoms with Crippen LogP contribution in [0.1, 0.15) is 37.6 Å². The van der Waals surface area contributed by atoms with Gasteiger partial charge >= 0.3 is 0 Å². The number of hydrogen-bond acceptors (Lipinski definition) is 2. The number of pyridine rings is 1. The molecule has 2 N–H and O–H groups in total. The number of guanidine groups is 1.